The number of rotatable bonds is 3. The Morgan fingerprint density at radius 1 is 1.37 bits per heavy atom. The molecule has 1 atom stereocenters. The van der Waals surface area contributed by atoms with Gasteiger partial charge in [-0.05, 0) is 49.4 Å². The first-order valence-corrected chi connectivity index (χ1v) is 6.67. The summed E-state index contributed by atoms with van der Waals surface area (Å²) in [4.78, 5) is 4.12. The van der Waals surface area contributed by atoms with Crippen LogP contribution in [0.2, 0.25) is 0 Å². The van der Waals surface area contributed by atoms with E-state index in [0.29, 0.717) is 5.82 Å². The van der Waals surface area contributed by atoms with Crippen LogP contribution in [-0.4, -0.2) is 12.0 Å². The van der Waals surface area contributed by atoms with E-state index in [4.69, 9.17) is 5.73 Å². The number of anilines is 1. The van der Waals surface area contributed by atoms with Gasteiger partial charge in [0.05, 0.1) is 6.04 Å². The van der Waals surface area contributed by atoms with E-state index in [1.54, 1.807) is 12.3 Å². The number of pyridine rings is 1. The molecule has 1 aromatic heterocycles. The first-order valence-electron chi connectivity index (χ1n) is 5.87. The van der Waals surface area contributed by atoms with Gasteiger partial charge >= 0.3 is 0 Å². The molecule has 2 aromatic rings. The third-order valence-electron chi connectivity index (χ3n) is 3.09. The van der Waals surface area contributed by atoms with Crippen molar-refractivity contribution < 1.29 is 4.39 Å². The van der Waals surface area contributed by atoms with Crippen LogP contribution in [0.25, 0.3) is 0 Å². The highest BCUT2D eigenvalue weighted by molar-refractivity contribution is 9.10. The molecule has 1 unspecified atom stereocenters. The number of aryl methyl sites for hydroxylation is 1. The summed E-state index contributed by atoms with van der Waals surface area (Å²) in [5.41, 5.74) is 8.65. The van der Waals surface area contributed by atoms with Crippen LogP contribution in [0.15, 0.2) is 34.9 Å². The van der Waals surface area contributed by atoms with Crippen molar-refractivity contribution in [1.82, 2.24) is 10.3 Å². The first-order chi connectivity index (χ1) is 9.04. The predicted molar refractivity (Wildman–Crippen MR) is 78.4 cm³/mol. The van der Waals surface area contributed by atoms with E-state index in [-0.39, 0.29) is 11.9 Å². The van der Waals surface area contributed by atoms with Gasteiger partial charge < -0.3 is 11.1 Å². The van der Waals surface area contributed by atoms with Crippen molar-refractivity contribution in [3.63, 3.8) is 0 Å². The third kappa shape index (κ3) is 2.77. The molecular weight excluding hydrogens is 309 g/mol. The van der Waals surface area contributed by atoms with E-state index in [1.807, 2.05) is 20.0 Å². The van der Waals surface area contributed by atoms with E-state index in [0.717, 1.165) is 21.2 Å². The zero-order chi connectivity index (χ0) is 14.0. The van der Waals surface area contributed by atoms with Gasteiger partial charge in [0.1, 0.15) is 11.6 Å². The summed E-state index contributed by atoms with van der Waals surface area (Å²) in [6.07, 6.45) is 1.67. The number of nitrogens with one attached hydrogen (secondary N) is 1. The molecule has 0 spiro atoms. The Balaban J connectivity index is 2.59. The molecule has 0 bridgehead atoms. The number of nitrogens with zero attached hydrogens (tertiary/aromatic N) is 1. The number of nitrogens with two attached hydrogens (primary N) is 1. The maximum atomic E-state index is 13.5. The van der Waals surface area contributed by atoms with Gasteiger partial charge in [-0.25, -0.2) is 9.37 Å². The van der Waals surface area contributed by atoms with Crippen molar-refractivity contribution in [2.45, 2.75) is 13.0 Å². The van der Waals surface area contributed by atoms with Crippen LogP contribution in [0.3, 0.4) is 0 Å². The predicted octanol–water partition coefficient (Wildman–Crippen LogP) is 3.18. The summed E-state index contributed by atoms with van der Waals surface area (Å²) >= 11 is 3.45. The number of hydrogen-bond acceptors (Lipinski definition) is 3. The summed E-state index contributed by atoms with van der Waals surface area (Å²) in [5, 5.41) is 3.17. The van der Waals surface area contributed by atoms with E-state index in [2.05, 4.69) is 26.2 Å². The lowest BCUT2D eigenvalue weighted by atomic mass is 9.96. The standard InChI is InChI=1S/C14H15BrFN3/c1-8-5-6-19-14(17)12(8)13(18-2)10-7-9(16)3-4-11(10)15/h3-7,13,18H,1-2H3,(H2,17,19). The Morgan fingerprint density at radius 3 is 2.74 bits per heavy atom. The molecule has 2 rings (SSSR count). The van der Waals surface area contributed by atoms with Crippen LogP contribution in [0, 0.1) is 12.7 Å². The Kier molecular flexibility index (Phi) is 4.17. The van der Waals surface area contributed by atoms with Crippen molar-refractivity contribution in [3.8, 4) is 0 Å². The van der Waals surface area contributed by atoms with Gasteiger partial charge in [0.15, 0.2) is 0 Å². The minimum Gasteiger partial charge on any atom is -0.383 e. The van der Waals surface area contributed by atoms with Gasteiger partial charge in [-0.1, -0.05) is 15.9 Å². The molecule has 3 nitrogen and oxygen atoms in total. The fourth-order valence-corrected chi connectivity index (χ4v) is 2.63. The average Bonchev–Trinajstić information content (AvgIpc) is 2.37. The van der Waals surface area contributed by atoms with E-state index in [9.17, 15) is 4.39 Å². The molecule has 0 amide bonds. The molecule has 100 valence electrons. The lowest BCUT2D eigenvalue weighted by Gasteiger charge is -2.21. The number of aromatic nitrogens is 1. The van der Waals surface area contributed by atoms with Crippen LogP contribution in [0.5, 0.6) is 0 Å². The first kappa shape index (κ1) is 14.0. The fourth-order valence-electron chi connectivity index (χ4n) is 2.16. The van der Waals surface area contributed by atoms with Gasteiger partial charge in [-0.15, -0.1) is 0 Å². The SMILES string of the molecule is CNC(c1cc(F)ccc1Br)c1c(C)ccnc1N. The van der Waals surface area contributed by atoms with Crippen LogP contribution in [-0.2, 0) is 0 Å². The minimum atomic E-state index is -0.279. The fraction of sp³-hybridized carbons (Fsp3) is 0.214. The monoisotopic (exact) mass is 323 g/mol. The van der Waals surface area contributed by atoms with Crippen molar-refractivity contribution in [2.75, 3.05) is 12.8 Å². The molecule has 0 aliphatic heterocycles. The van der Waals surface area contributed by atoms with Crippen LogP contribution in [0.4, 0.5) is 10.2 Å². The summed E-state index contributed by atoms with van der Waals surface area (Å²) in [6, 6.07) is 6.29. The average molecular weight is 324 g/mol. The zero-order valence-electron chi connectivity index (χ0n) is 10.7. The highest BCUT2D eigenvalue weighted by atomic mass is 79.9. The molecule has 1 heterocycles. The second kappa shape index (κ2) is 5.67. The smallest absolute Gasteiger partial charge is 0.128 e. The quantitative estimate of drug-likeness (QED) is 0.912. The number of hydrogen-bond donors (Lipinski definition) is 2. The Hall–Kier alpha value is -1.46. The molecule has 5 heteroatoms. The minimum absolute atomic E-state index is 0.209. The molecule has 0 saturated heterocycles. The van der Waals surface area contributed by atoms with E-state index < -0.39 is 0 Å². The maximum absolute atomic E-state index is 13.5. The van der Waals surface area contributed by atoms with Crippen LogP contribution < -0.4 is 11.1 Å². The van der Waals surface area contributed by atoms with Gasteiger partial charge in [-0.3, -0.25) is 0 Å². The van der Waals surface area contributed by atoms with Crippen molar-refractivity contribution in [1.29, 1.82) is 0 Å². The molecule has 0 radical (unpaired) electrons. The third-order valence-corrected chi connectivity index (χ3v) is 3.81. The number of halogens is 2. The maximum Gasteiger partial charge on any atom is 0.128 e. The molecule has 0 aliphatic carbocycles. The Morgan fingerprint density at radius 2 is 2.11 bits per heavy atom. The normalized spacial score (nSPS) is 12.4. The second-order valence-corrected chi connectivity index (χ2v) is 5.17. The molecule has 0 fully saturated rings. The largest absolute Gasteiger partial charge is 0.383 e. The van der Waals surface area contributed by atoms with Gasteiger partial charge in [0.2, 0.25) is 0 Å². The van der Waals surface area contributed by atoms with Crippen molar-refractivity contribution in [2.24, 2.45) is 0 Å². The van der Waals surface area contributed by atoms with Crippen molar-refractivity contribution >= 4 is 21.7 Å². The summed E-state index contributed by atoms with van der Waals surface area (Å²) in [6.45, 7) is 1.96. The molecule has 19 heavy (non-hydrogen) atoms. The summed E-state index contributed by atoms with van der Waals surface area (Å²) in [7, 11) is 1.81. The Bertz CT molecular complexity index is 581. The zero-order valence-corrected chi connectivity index (χ0v) is 12.3. The lowest BCUT2D eigenvalue weighted by molar-refractivity contribution is 0.615. The van der Waals surface area contributed by atoms with E-state index >= 15 is 0 Å². The molecule has 0 saturated carbocycles. The van der Waals surface area contributed by atoms with Gasteiger partial charge in [-0.2, -0.15) is 0 Å². The Labute approximate surface area is 120 Å². The van der Waals surface area contributed by atoms with Crippen LogP contribution in [0.1, 0.15) is 22.7 Å². The van der Waals surface area contributed by atoms with Crippen LogP contribution >= 0.6 is 15.9 Å². The highest BCUT2D eigenvalue weighted by Gasteiger charge is 2.20. The molecule has 3 N–H and O–H groups in total. The second-order valence-electron chi connectivity index (χ2n) is 4.31. The number of benzene rings is 1. The number of nitrogen functional groups attached to an aromatic ring is 1. The van der Waals surface area contributed by atoms with Crippen molar-refractivity contribution in [3.05, 3.63) is 57.4 Å². The summed E-state index contributed by atoms with van der Waals surface area (Å²) < 4.78 is 14.3. The molecule has 0 aliphatic rings. The topological polar surface area (TPSA) is 50.9 Å². The highest BCUT2D eigenvalue weighted by Crippen LogP contribution is 2.32. The van der Waals surface area contributed by atoms with Gasteiger partial charge in [0.25, 0.3) is 0 Å². The van der Waals surface area contributed by atoms with E-state index in [1.165, 1.54) is 12.1 Å². The molecule has 1 aromatic carbocycles. The van der Waals surface area contributed by atoms with Gasteiger partial charge in [0, 0.05) is 16.2 Å². The summed E-state index contributed by atoms with van der Waals surface area (Å²) in [5.74, 6) is 0.175. The lowest BCUT2D eigenvalue weighted by Crippen LogP contribution is -2.21. The molecular formula is C14H15BrFN3.